The van der Waals surface area contributed by atoms with E-state index < -0.39 is 0 Å². The zero-order valence-electron chi connectivity index (χ0n) is 16.3. The molecule has 2 aromatic heterocycles. The number of hydrogen-bond donors (Lipinski definition) is 0. The minimum absolute atomic E-state index is 0.0494. The molecule has 0 saturated heterocycles. The Bertz CT molecular complexity index is 1200. The number of ether oxygens (including phenoxy) is 1. The molecule has 0 aliphatic heterocycles. The summed E-state index contributed by atoms with van der Waals surface area (Å²) < 4.78 is 7.21. The Kier molecular flexibility index (Phi) is 4.81. The van der Waals surface area contributed by atoms with Crippen LogP contribution in [-0.4, -0.2) is 33.2 Å². The maximum Gasteiger partial charge on any atom is 0.196 e. The van der Waals surface area contributed by atoms with Crippen LogP contribution in [0.4, 0.5) is 0 Å². The van der Waals surface area contributed by atoms with Crippen LogP contribution in [0.15, 0.2) is 47.6 Å². The maximum absolute atomic E-state index is 12.6. The number of Topliss-reactive ketones (excluding diaryl/α,β-unsaturated/α-hetero) is 1. The fourth-order valence-corrected chi connectivity index (χ4v) is 4.34. The SMILES string of the molecule is COc1ccc(C(=O)CSc2nnc3cc(C)c4cc(C)cc(C)c4n23)cc1. The second kappa shape index (κ2) is 7.28. The fourth-order valence-electron chi connectivity index (χ4n) is 3.50. The number of methoxy groups -OCH3 is 1. The first kappa shape index (κ1) is 18.5. The summed E-state index contributed by atoms with van der Waals surface area (Å²) in [5.74, 6) is 1.08. The van der Waals surface area contributed by atoms with Crippen LogP contribution in [0.25, 0.3) is 16.6 Å². The van der Waals surface area contributed by atoms with Crippen molar-refractivity contribution in [3.63, 3.8) is 0 Å². The highest BCUT2D eigenvalue weighted by atomic mass is 32.2. The third-order valence-electron chi connectivity index (χ3n) is 4.84. The van der Waals surface area contributed by atoms with Gasteiger partial charge in [0.15, 0.2) is 16.6 Å². The van der Waals surface area contributed by atoms with Crippen LogP contribution in [0.5, 0.6) is 5.75 Å². The molecular formula is C22H21N3O2S. The quantitative estimate of drug-likeness (QED) is 0.362. The lowest BCUT2D eigenvalue weighted by atomic mass is 10.0. The van der Waals surface area contributed by atoms with Gasteiger partial charge >= 0.3 is 0 Å². The molecule has 0 radical (unpaired) electrons. The number of thioether (sulfide) groups is 1. The van der Waals surface area contributed by atoms with E-state index in [9.17, 15) is 4.79 Å². The van der Waals surface area contributed by atoms with Gasteiger partial charge in [0.05, 0.1) is 18.4 Å². The predicted octanol–water partition coefficient (Wildman–Crippen LogP) is 4.79. The van der Waals surface area contributed by atoms with Gasteiger partial charge in [-0.1, -0.05) is 23.4 Å². The lowest BCUT2D eigenvalue weighted by molar-refractivity contribution is 0.102. The monoisotopic (exact) mass is 391 g/mol. The summed E-state index contributed by atoms with van der Waals surface area (Å²) in [5, 5.41) is 10.6. The van der Waals surface area contributed by atoms with Gasteiger partial charge in [-0.05, 0) is 68.3 Å². The number of benzene rings is 2. The second-order valence-corrected chi connectivity index (χ2v) is 7.86. The van der Waals surface area contributed by atoms with Crippen LogP contribution in [0.1, 0.15) is 27.0 Å². The van der Waals surface area contributed by atoms with Crippen molar-refractivity contribution in [1.82, 2.24) is 14.6 Å². The number of aromatic nitrogens is 3. The van der Waals surface area contributed by atoms with E-state index in [0.29, 0.717) is 11.3 Å². The van der Waals surface area contributed by atoms with E-state index in [0.717, 1.165) is 22.1 Å². The van der Waals surface area contributed by atoms with Crippen molar-refractivity contribution >= 4 is 34.1 Å². The molecular weight excluding hydrogens is 370 g/mol. The van der Waals surface area contributed by atoms with E-state index >= 15 is 0 Å². The Labute approximate surface area is 167 Å². The summed E-state index contributed by atoms with van der Waals surface area (Å²) >= 11 is 1.41. The molecule has 0 spiro atoms. The molecule has 0 bridgehead atoms. The maximum atomic E-state index is 12.6. The van der Waals surface area contributed by atoms with Gasteiger partial charge < -0.3 is 4.74 Å². The van der Waals surface area contributed by atoms with Crippen molar-refractivity contribution in [1.29, 1.82) is 0 Å². The topological polar surface area (TPSA) is 56.5 Å². The molecule has 6 heteroatoms. The van der Waals surface area contributed by atoms with Gasteiger partial charge in [0.2, 0.25) is 0 Å². The summed E-state index contributed by atoms with van der Waals surface area (Å²) in [6, 6.07) is 13.6. The number of nitrogens with zero attached hydrogens (tertiary/aromatic N) is 3. The van der Waals surface area contributed by atoms with Crippen molar-refractivity contribution in [2.45, 2.75) is 25.9 Å². The van der Waals surface area contributed by atoms with Gasteiger partial charge in [0.25, 0.3) is 0 Å². The Morgan fingerprint density at radius 3 is 2.50 bits per heavy atom. The summed E-state index contributed by atoms with van der Waals surface area (Å²) in [7, 11) is 1.61. The Balaban J connectivity index is 1.69. The summed E-state index contributed by atoms with van der Waals surface area (Å²) in [6.45, 7) is 6.30. The van der Waals surface area contributed by atoms with Crippen molar-refractivity contribution < 1.29 is 9.53 Å². The number of fused-ring (bicyclic) bond motifs is 3. The molecule has 0 aliphatic carbocycles. The number of pyridine rings is 1. The molecule has 142 valence electrons. The molecule has 4 aromatic rings. The molecule has 0 atom stereocenters. The Morgan fingerprint density at radius 2 is 1.79 bits per heavy atom. The van der Waals surface area contributed by atoms with E-state index in [4.69, 9.17) is 4.74 Å². The van der Waals surface area contributed by atoms with E-state index in [2.05, 4.69) is 47.5 Å². The van der Waals surface area contributed by atoms with Crippen molar-refractivity contribution in [3.8, 4) is 5.75 Å². The van der Waals surface area contributed by atoms with Gasteiger partial charge in [-0.25, -0.2) is 0 Å². The normalized spacial score (nSPS) is 11.3. The molecule has 0 unspecified atom stereocenters. The van der Waals surface area contributed by atoms with Crippen molar-refractivity contribution in [2.75, 3.05) is 12.9 Å². The molecule has 5 nitrogen and oxygen atoms in total. The first-order valence-corrected chi connectivity index (χ1v) is 10.0. The summed E-state index contributed by atoms with van der Waals surface area (Å²) in [5.41, 5.74) is 6.14. The number of rotatable bonds is 5. The van der Waals surface area contributed by atoms with Crippen LogP contribution in [0.3, 0.4) is 0 Å². The molecule has 2 aromatic carbocycles. The van der Waals surface area contributed by atoms with Gasteiger partial charge in [0.1, 0.15) is 5.75 Å². The fraction of sp³-hybridized carbons (Fsp3) is 0.227. The average molecular weight is 391 g/mol. The van der Waals surface area contributed by atoms with E-state index in [-0.39, 0.29) is 5.78 Å². The lowest BCUT2D eigenvalue weighted by Crippen LogP contribution is -2.03. The minimum Gasteiger partial charge on any atom is -0.497 e. The molecule has 28 heavy (non-hydrogen) atoms. The van der Waals surface area contributed by atoms with Gasteiger partial charge in [0, 0.05) is 10.9 Å². The molecule has 0 saturated carbocycles. The standard InChI is InChI=1S/C22H21N3O2S/c1-13-9-15(3)21-18(10-13)14(2)11-20-23-24-22(25(20)21)28-12-19(26)16-5-7-17(27-4)8-6-16/h5-11H,12H2,1-4H3. The van der Waals surface area contributed by atoms with E-state index in [1.54, 1.807) is 31.4 Å². The Hall–Kier alpha value is -2.86. The molecule has 0 N–H and O–H groups in total. The van der Waals surface area contributed by atoms with Crippen molar-refractivity contribution in [2.24, 2.45) is 0 Å². The van der Waals surface area contributed by atoms with Gasteiger partial charge in [-0.2, -0.15) is 0 Å². The van der Waals surface area contributed by atoms with Gasteiger partial charge in [-0.3, -0.25) is 9.20 Å². The first-order chi connectivity index (χ1) is 13.5. The Morgan fingerprint density at radius 1 is 1.04 bits per heavy atom. The third kappa shape index (κ3) is 3.24. The highest BCUT2D eigenvalue weighted by Crippen LogP contribution is 2.29. The highest BCUT2D eigenvalue weighted by molar-refractivity contribution is 7.99. The van der Waals surface area contributed by atoms with Crippen LogP contribution in [0, 0.1) is 20.8 Å². The van der Waals surface area contributed by atoms with Gasteiger partial charge in [-0.15, -0.1) is 10.2 Å². The highest BCUT2D eigenvalue weighted by Gasteiger charge is 2.15. The van der Waals surface area contributed by atoms with E-state index in [1.165, 1.54) is 33.8 Å². The number of ketones is 1. The minimum atomic E-state index is 0.0494. The van der Waals surface area contributed by atoms with Crippen LogP contribution >= 0.6 is 11.8 Å². The van der Waals surface area contributed by atoms with Crippen LogP contribution < -0.4 is 4.74 Å². The van der Waals surface area contributed by atoms with Crippen LogP contribution in [-0.2, 0) is 0 Å². The third-order valence-corrected chi connectivity index (χ3v) is 5.77. The lowest BCUT2D eigenvalue weighted by Gasteiger charge is -2.11. The molecule has 2 heterocycles. The molecule has 0 amide bonds. The largest absolute Gasteiger partial charge is 0.497 e. The van der Waals surface area contributed by atoms with E-state index in [1.807, 2.05) is 6.07 Å². The van der Waals surface area contributed by atoms with Crippen molar-refractivity contribution in [3.05, 3.63) is 64.7 Å². The molecule has 0 aliphatic rings. The predicted molar refractivity (Wildman–Crippen MR) is 113 cm³/mol. The summed E-state index contributed by atoms with van der Waals surface area (Å²) in [4.78, 5) is 12.6. The molecule has 4 rings (SSSR count). The zero-order valence-corrected chi connectivity index (χ0v) is 17.1. The zero-order chi connectivity index (χ0) is 19.8. The number of aryl methyl sites for hydroxylation is 3. The number of carbonyl (C=O) groups excluding carboxylic acids is 1. The summed E-state index contributed by atoms with van der Waals surface area (Å²) in [6.07, 6.45) is 0. The number of hydrogen-bond acceptors (Lipinski definition) is 5. The smallest absolute Gasteiger partial charge is 0.196 e. The van der Waals surface area contributed by atoms with Crippen LogP contribution in [0.2, 0.25) is 0 Å². The first-order valence-electron chi connectivity index (χ1n) is 9.03. The average Bonchev–Trinajstić information content (AvgIpc) is 3.08. The molecule has 0 fully saturated rings. The number of carbonyl (C=O) groups is 1. The second-order valence-electron chi connectivity index (χ2n) is 6.92.